The van der Waals surface area contributed by atoms with Gasteiger partial charge in [-0.25, -0.2) is 14.5 Å². The summed E-state index contributed by atoms with van der Waals surface area (Å²) in [6.45, 7) is 5.66. The summed E-state index contributed by atoms with van der Waals surface area (Å²) in [5, 5.41) is 11.7. The highest BCUT2D eigenvalue weighted by Gasteiger charge is 2.27. The summed E-state index contributed by atoms with van der Waals surface area (Å²) in [5.74, 6) is -0.230. The first-order valence-electron chi connectivity index (χ1n) is 10.6. The smallest absolute Gasteiger partial charge is 0.314 e. The zero-order valence-corrected chi connectivity index (χ0v) is 19.6. The van der Waals surface area contributed by atoms with Gasteiger partial charge in [0.2, 0.25) is 0 Å². The van der Waals surface area contributed by atoms with Crippen molar-refractivity contribution in [1.82, 2.24) is 25.0 Å². The standard InChI is InChI=1S/C22H26BrN7O2/c1-3-30-20-17(11-26-30)19(28-16-8-9-29(12-16)22(24)32)18(10-25-20)21(31)27-13(2)14-4-6-15(23)7-5-14/h4-7,10-11,13,16H,3,8-9,12H2,1-2H3,(H2,24,32)(H,25,28)(H,27,31)/t13-,16+/m1/s1. The highest BCUT2D eigenvalue weighted by Crippen LogP contribution is 2.29. The van der Waals surface area contributed by atoms with E-state index < -0.39 is 6.03 Å². The van der Waals surface area contributed by atoms with Crippen LogP contribution < -0.4 is 16.4 Å². The molecule has 4 rings (SSSR count). The van der Waals surface area contributed by atoms with Crippen molar-refractivity contribution >= 4 is 44.6 Å². The first-order valence-corrected chi connectivity index (χ1v) is 11.4. The molecular weight excluding hydrogens is 474 g/mol. The average molecular weight is 500 g/mol. The van der Waals surface area contributed by atoms with Crippen molar-refractivity contribution in [2.75, 3.05) is 18.4 Å². The van der Waals surface area contributed by atoms with E-state index in [1.54, 1.807) is 22.0 Å². The predicted molar refractivity (Wildman–Crippen MR) is 126 cm³/mol. The van der Waals surface area contributed by atoms with Crippen LogP contribution in [0.25, 0.3) is 11.0 Å². The van der Waals surface area contributed by atoms with E-state index in [1.807, 2.05) is 38.1 Å². The number of carbonyl (C=O) groups is 2. The normalized spacial score (nSPS) is 16.8. The van der Waals surface area contributed by atoms with E-state index in [9.17, 15) is 9.59 Å². The van der Waals surface area contributed by atoms with E-state index >= 15 is 0 Å². The molecule has 3 aromatic rings. The number of aromatic nitrogens is 3. The number of nitrogens with two attached hydrogens (primary N) is 1. The van der Waals surface area contributed by atoms with Crippen molar-refractivity contribution in [1.29, 1.82) is 0 Å². The summed E-state index contributed by atoms with van der Waals surface area (Å²) in [7, 11) is 0. The number of urea groups is 1. The third kappa shape index (κ3) is 4.40. The van der Waals surface area contributed by atoms with Gasteiger partial charge in [-0.1, -0.05) is 28.1 Å². The van der Waals surface area contributed by atoms with Crippen molar-refractivity contribution in [3.8, 4) is 0 Å². The summed E-state index contributed by atoms with van der Waals surface area (Å²) in [6.07, 6.45) is 4.05. The average Bonchev–Trinajstić information content (AvgIpc) is 3.41. The van der Waals surface area contributed by atoms with Gasteiger partial charge in [0, 0.05) is 36.3 Å². The Bertz CT molecular complexity index is 1150. The Morgan fingerprint density at radius 3 is 2.69 bits per heavy atom. The van der Waals surface area contributed by atoms with Gasteiger partial charge >= 0.3 is 6.03 Å². The van der Waals surface area contributed by atoms with Crippen LogP contribution in [0.2, 0.25) is 0 Å². The molecule has 3 heterocycles. The molecule has 1 aliphatic rings. The number of halogens is 1. The molecule has 1 fully saturated rings. The number of benzene rings is 1. The minimum Gasteiger partial charge on any atom is -0.379 e. The first kappa shape index (κ1) is 22.1. The van der Waals surface area contributed by atoms with Crippen molar-refractivity contribution < 1.29 is 9.59 Å². The highest BCUT2D eigenvalue weighted by molar-refractivity contribution is 9.10. The van der Waals surface area contributed by atoms with Gasteiger partial charge in [-0.2, -0.15) is 5.10 Å². The first-order chi connectivity index (χ1) is 15.4. The number of hydrogen-bond donors (Lipinski definition) is 3. The third-order valence-corrected chi connectivity index (χ3v) is 6.31. The number of carbonyl (C=O) groups excluding carboxylic acids is 2. The number of nitrogens with one attached hydrogen (secondary N) is 2. The number of fused-ring (bicyclic) bond motifs is 1. The Balaban J connectivity index is 1.64. The summed E-state index contributed by atoms with van der Waals surface area (Å²) in [4.78, 5) is 30.9. The Morgan fingerprint density at radius 2 is 2.03 bits per heavy atom. The van der Waals surface area contributed by atoms with Gasteiger partial charge in [-0.3, -0.25) is 4.79 Å². The van der Waals surface area contributed by atoms with Crippen LogP contribution in [0.1, 0.15) is 42.2 Å². The number of pyridine rings is 1. The molecular formula is C22H26BrN7O2. The summed E-state index contributed by atoms with van der Waals surface area (Å²) in [6, 6.07) is 7.19. The van der Waals surface area contributed by atoms with Gasteiger partial charge in [0.25, 0.3) is 5.91 Å². The lowest BCUT2D eigenvalue weighted by Gasteiger charge is -2.20. The van der Waals surface area contributed by atoms with Crippen LogP contribution in [0, 0.1) is 0 Å². The summed E-state index contributed by atoms with van der Waals surface area (Å²) < 4.78 is 2.77. The summed E-state index contributed by atoms with van der Waals surface area (Å²) in [5.41, 5.74) is 8.25. The Hall–Kier alpha value is -3.14. The van der Waals surface area contributed by atoms with Crippen molar-refractivity contribution in [2.45, 2.75) is 38.9 Å². The van der Waals surface area contributed by atoms with Crippen LogP contribution in [-0.2, 0) is 6.54 Å². The van der Waals surface area contributed by atoms with Crippen LogP contribution in [0.15, 0.2) is 41.1 Å². The number of primary amides is 1. The monoisotopic (exact) mass is 499 g/mol. The number of anilines is 1. The number of hydrogen-bond acceptors (Lipinski definition) is 5. The Morgan fingerprint density at radius 1 is 1.28 bits per heavy atom. The number of nitrogens with zero attached hydrogens (tertiary/aromatic N) is 4. The van der Waals surface area contributed by atoms with Gasteiger partial charge in [-0.05, 0) is 38.0 Å². The molecule has 32 heavy (non-hydrogen) atoms. The SMILES string of the molecule is CCn1ncc2c(N[C@H]3CCN(C(N)=O)C3)c(C(=O)N[C@H](C)c3ccc(Br)cc3)cnc21. The van der Waals surface area contributed by atoms with E-state index in [0.29, 0.717) is 36.5 Å². The maximum atomic E-state index is 13.3. The second kappa shape index (κ2) is 9.15. The molecule has 0 radical (unpaired) electrons. The van der Waals surface area contributed by atoms with Gasteiger partial charge in [0.05, 0.1) is 28.9 Å². The summed E-state index contributed by atoms with van der Waals surface area (Å²) >= 11 is 3.43. The van der Waals surface area contributed by atoms with Crippen LogP contribution in [0.4, 0.5) is 10.5 Å². The molecule has 1 aliphatic heterocycles. The van der Waals surface area contributed by atoms with E-state index in [-0.39, 0.29) is 18.0 Å². The van der Waals surface area contributed by atoms with Gasteiger partial charge in [0.1, 0.15) is 0 Å². The maximum absolute atomic E-state index is 13.3. The second-order valence-corrected chi connectivity index (χ2v) is 8.82. The second-order valence-electron chi connectivity index (χ2n) is 7.91. The van der Waals surface area contributed by atoms with E-state index in [2.05, 4.69) is 36.6 Å². The molecule has 1 aromatic carbocycles. The molecule has 10 heteroatoms. The Kier molecular flexibility index (Phi) is 6.31. The molecule has 0 bridgehead atoms. The number of amides is 3. The van der Waals surface area contributed by atoms with Crippen molar-refractivity contribution in [2.24, 2.45) is 5.73 Å². The molecule has 0 unspecified atom stereocenters. The molecule has 1 saturated heterocycles. The predicted octanol–water partition coefficient (Wildman–Crippen LogP) is 3.27. The number of aryl methyl sites for hydroxylation is 1. The lowest BCUT2D eigenvalue weighted by molar-refractivity contribution is 0.0940. The van der Waals surface area contributed by atoms with E-state index in [4.69, 9.17) is 5.73 Å². The van der Waals surface area contributed by atoms with E-state index in [0.717, 1.165) is 21.8 Å². The molecule has 0 aliphatic carbocycles. The van der Waals surface area contributed by atoms with Crippen LogP contribution >= 0.6 is 15.9 Å². The molecule has 168 valence electrons. The molecule has 2 atom stereocenters. The zero-order valence-electron chi connectivity index (χ0n) is 18.0. The molecule has 0 saturated carbocycles. The van der Waals surface area contributed by atoms with Gasteiger partial charge in [-0.15, -0.1) is 0 Å². The van der Waals surface area contributed by atoms with Gasteiger partial charge < -0.3 is 21.3 Å². The number of likely N-dealkylation sites (tertiary alicyclic amines) is 1. The molecule has 2 aromatic heterocycles. The molecule has 9 nitrogen and oxygen atoms in total. The third-order valence-electron chi connectivity index (χ3n) is 5.78. The van der Waals surface area contributed by atoms with E-state index in [1.165, 1.54) is 0 Å². The van der Waals surface area contributed by atoms with Crippen molar-refractivity contribution in [3.05, 3.63) is 52.3 Å². The molecule has 3 amide bonds. The minimum absolute atomic E-state index is 0.0199. The molecule has 4 N–H and O–H groups in total. The fourth-order valence-electron chi connectivity index (χ4n) is 3.98. The number of rotatable bonds is 6. The lowest BCUT2D eigenvalue weighted by Crippen LogP contribution is -2.35. The minimum atomic E-state index is -0.436. The quantitative estimate of drug-likeness (QED) is 0.480. The van der Waals surface area contributed by atoms with Crippen LogP contribution in [0.3, 0.4) is 0 Å². The molecule has 0 spiro atoms. The lowest BCUT2D eigenvalue weighted by atomic mass is 10.1. The zero-order chi connectivity index (χ0) is 22.8. The largest absolute Gasteiger partial charge is 0.379 e. The fraction of sp³-hybridized carbons (Fsp3) is 0.364. The van der Waals surface area contributed by atoms with Crippen LogP contribution in [-0.4, -0.2) is 50.7 Å². The topological polar surface area (TPSA) is 118 Å². The van der Waals surface area contributed by atoms with Gasteiger partial charge in [0.15, 0.2) is 5.65 Å². The van der Waals surface area contributed by atoms with Crippen molar-refractivity contribution in [3.63, 3.8) is 0 Å². The Labute approximate surface area is 194 Å². The highest BCUT2D eigenvalue weighted by atomic mass is 79.9. The van der Waals surface area contributed by atoms with Crippen LogP contribution in [0.5, 0.6) is 0 Å². The maximum Gasteiger partial charge on any atom is 0.314 e. The fourth-order valence-corrected chi connectivity index (χ4v) is 4.24.